The van der Waals surface area contributed by atoms with Crippen molar-refractivity contribution in [2.45, 2.75) is 38.6 Å². The van der Waals surface area contributed by atoms with E-state index >= 15 is 0 Å². The van der Waals surface area contributed by atoms with Crippen LogP contribution in [0.25, 0.3) is 0 Å². The molecular formula is C14H19NO5. The van der Waals surface area contributed by atoms with Gasteiger partial charge in [0.05, 0.1) is 0 Å². The van der Waals surface area contributed by atoms with E-state index in [-0.39, 0.29) is 29.7 Å². The van der Waals surface area contributed by atoms with Gasteiger partial charge in [-0.25, -0.2) is 0 Å². The third-order valence-electron chi connectivity index (χ3n) is 3.10. The fraction of sp³-hybridized carbons (Fsp3) is 0.429. The van der Waals surface area contributed by atoms with E-state index in [0.29, 0.717) is 12.0 Å². The van der Waals surface area contributed by atoms with Gasteiger partial charge in [-0.05, 0) is 30.9 Å². The molecule has 1 aromatic carbocycles. The highest BCUT2D eigenvalue weighted by Crippen LogP contribution is 2.31. The number of hydrogen-bond acceptors (Lipinski definition) is 4. The van der Waals surface area contributed by atoms with Gasteiger partial charge < -0.3 is 20.6 Å². The second-order valence-corrected chi connectivity index (χ2v) is 4.81. The summed E-state index contributed by atoms with van der Waals surface area (Å²) in [4.78, 5) is 22.2. The second-order valence-electron chi connectivity index (χ2n) is 4.81. The number of hydrogen-bond donors (Lipinski definition) is 4. The highest BCUT2D eigenvalue weighted by Gasteiger charge is 2.16. The molecule has 6 nitrogen and oxygen atoms in total. The minimum atomic E-state index is -1.08. The highest BCUT2D eigenvalue weighted by molar-refractivity contribution is 5.83. The summed E-state index contributed by atoms with van der Waals surface area (Å²) < 4.78 is 0. The molecule has 1 amide bonds. The van der Waals surface area contributed by atoms with Crippen molar-refractivity contribution < 1.29 is 24.9 Å². The van der Waals surface area contributed by atoms with Crippen LogP contribution in [-0.4, -0.2) is 33.2 Å². The van der Waals surface area contributed by atoms with E-state index in [0.717, 1.165) is 0 Å². The number of carbonyl (C=O) groups excluding carboxylic acids is 1. The number of amides is 1. The van der Waals surface area contributed by atoms with E-state index in [1.165, 1.54) is 19.1 Å². The third kappa shape index (κ3) is 4.46. The normalized spacial score (nSPS) is 13.5. The number of aromatic hydroxyl groups is 2. The monoisotopic (exact) mass is 281 g/mol. The molecule has 0 aliphatic heterocycles. The first-order chi connectivity index (χ1) is 9.31. The van der Waals surface area contributed by atoms with Crippen LogP contribution in [0.15, 0.2) is 18.2 Å². The van der Waals surface area contributed by atoms with Gasteiger partial charge in [-0.2, -0.15) is 0 Å². The lowest BCUT2D eigenvalue weighted by molar-refractivity contribution is -0.141. The van der Waals surface area contributed by atoms with E-state index in [1.54, 1.807) is 6.07 Å². The van der Waals surface area contributed by atoms with Gasteiger partial charge in [0.1, 0.15) is 17.5 Å². The minimum absolute atomic E-state index is 0.0168. The number of carboxylic acid groups (broad SMARTS) is 1. The summed E-state index contributed by atoms with van der Waals surface area (Å²) in [6.07, 6.45) is 0.635. The van der Waals surface area contributed by atoms with E-state index in [4.69, 9.17) is 5.11 Å². The van der Waals surface area contributed by atoms with Crippen LogP contribution in [0.3, 0.4) is 0 Å². The Morgan fingerprint density at radius 1 is 1.25 bits per heavy atom. The number of rotatable bonds is 6. The molecule has 0 bridgehead atoms. The zero-order valence-electron chi connectivity index (χ0n) is 11.5. The van der Waals surface area contributed by atoms with Gasteiger partial charge >= 0.3 is 5.97 Å². The first-order valence-electron chi connectivity index (χ1n) is 6.35. The summed E-state index contributed by atoms with van der Waals surface area (Å²) in [6, 6.07) is 3.41. The smallest absolute Gasteiger partial charge is 0.325 e. The molecule has 2 atom stereocenters. The van der Waals surface area contributed by atoms with Crippen molar-refractivity contribution in [1.82, 2.24) is 5.32 Å². The fourth-order valence-corrected chi connectivity index (χ4v) is 1.83. The Hall–Kier alpha value is -2.24. The van der Waals surface area contributed by atoms with E-state index in [1.807, 2.05) is 6.92 Å². The topological polar surface area (TPSA) is 107 Å². The van der Waals surface area contributed by atoms with Crippen LogP contribution in [0.2, 0.25) is 0 Å². The lowest BCUT2D eigenvalue weighted by Gasteiger charge is -2.14. The molecule has 0 heterocycles. The lowest BCUT2D eigenvalue weighted by atomic mass is 9.95. The van der Waals surface area contributed by atoms with Crippen LogP contribution in [-0.2, 0) is 9.59 Å². The zero-order chi connectivity index (χ0) is 15.3. The van der Waals surface area contributed by atoms with Gasteiger partial charge in [0.2, 0.25) is 5.91 Å². The Kier molecular flexibility index (Phi) is 5.37. The Morgan fingerprint density at radius 3 is 2.45 bits per heavy atom. The van der Waals surface area contributed by atoms with Crippen LogP contribution in [0.1, 0.15) is 38.2 Å². The zero-order valence-corrected chi connectivity index (χ0v) is 11.5. The largest absolute Gasteiger partial charge is 0.508 e. The number of carbonyl (C=O) groups is 2. The number of aliphatic carboxylic acids is 1. The molecule has 0 fully saturated rings. The Labute approximate surface area is 117 Å². The molecule has 20 heavy (non-hydrogen) atoms. The predicted molar refractivity (Wildman–Crippen MR) is 72.7 cm³/mol. The van der Waals surface area contributed by atoms with Crippen molar-refractivity contribution in [3.05, 3.63) is 23.8 Å². The van der Waals surface area contributed by atoms with E-state index < -0.39 is 12.0 Å². The van der Waals surface area contributed by atoms with Gasteiger partial charge in [0.15, 0.2) is 0 Å². The van der Waals surface area contributed by atoms with E-state index in [9.17, 15) is 19.8 Å². The Balaban J connectivity index is 2.52. The molecule has 0 spiro atoms. The summed E-state index contributed by atoms with van der Waals surface area (Å²) in [5.41, 5.74) is 0.641. The van der Waals surface area contributed by atoms with Gasteiger partial charge in [-0.1, -0.05) is 13.0 Å². The molecule has 4 N–H and O–H groups in total. The number of phenols is 2. The molecule has 1 unspecified atom stereocenters. The van der Waals surface area contributed by atoms with Gasteiger partial charge in [0.25, 0.3) is 0 Å². The Bertz CT molecular complexity index is 500. The summed E-state index contributed by atoms with van der Waals surface area (Å²) in [5.74, 6) is -1.54. The van der Waals surface area contributed by atoms with Crippen molar-refractivity contribution in [2.75, 3.05) is 0 Å². The molecule has 6 heteroatoms. The summed E-state index contributed by atoms with van der Waals surface area (Å²) in [5, 5.41) is 30.0. The summed E-state index contributed by atoms with van der Waals surface area (Å²) in [7, 11) is 0. The van der Waals surface area contributed by atoms with Crippen LogP contribution in [0.5, 0.6) is 11.5 Å². The van der Waals surface area contributed by atoms with Crippen LogP contribution < -0.4 is 5.32 Å². The standard InChI is InChI=1S/C14H19NO5/c1-8(11-5-4-10(16)7-12(11)17)3-6-13(18)15-9(2)14(19)20/h4-5,7-9,16-17H,3,6H2,1-2H3,(H,15,18)(H,19,20)/t8?,9-/m0/s1. The maximum Gasteiger partial charge on any atom is 0.325 e. The second kappa shape index (κ2) is 6.79. The molecule has 1 rings (SSSR count). The van der Waals surface area contributed by atoms with Gasteiger partial charge in [0, 0.05) is 12.5 Å². The molecular weight excluding hydrogens is 262 g/mol. The van der Waals surface area contributed by atoms with Crippen molar-refractivity contribution in [2.24, 2.45) is 0 Å². The molecule has 110 valence electrons. The van der Waals surface area contributed by atoms with Crippen molar-refractivity contribution in [3.8, 4) is 11.5 Å². The van der Waals surface area contributed by atoms with Crippen LogP contribution in [0.4, 0.5) is 0 Å². The van der Waals surface area contributed by atoms with Crippen molar-refractivity contribution in [1.29, 1.82) is 0 Å². The minimum Gasteiger partial charge on any atom is -0.508 e. The molecule has 0 aliphatic carbocycles. The van der Waals surface area contributed by atoms with Gasteiger partial charge in [-0.15, -0.1) is 0 Å². The average Bonchev–Trinajstić information content (AvgIpc) is 2.35. The highest BCUT2D eigenvalue weighted by atomic mass is 16.4. The van der Waals surface area contributed by atoms with Crippen molar-refractivity contribution in [3.63, 3.8) is 0 Å². The quantitative estimate of drug-likeness (QED) is 0.633. The summed E-state index contributed by atoms with van der Waals surface area (Å²) in [6.45, 7) is 3.25. The molecule has 1 aromatic rings. The fourth-order valence-electron chi connectivity index (χ4n) is 1.83. The number of carboxylic acids is 1. The maximum atomic E-state index is 11.6. The maximum absolute atomic E-state index is 11.6. The van der Waals surface area contributed by atoms with Crippen LogP contribution >= 0.6 is 0 Å². The first kappa shape index (κ1) is 15.8. The van der Waals surface area contributed by atoms with Crippen LogP contribution in [0, 0.1) is 0 Å². The molecule has 0 saturated carbocycles. The number of benzene rings is 1. The summed E-state index contributed by atoms with van der Waals surface area (Å²) >= 11 is 0. The van der Waals surface area contributed by atoms with Gasteiger partial charge in [-0.3, -0.25) is 9.59 Å². The molecule has 0 aromatic heterocycles. The SMILES string of the molecule is CC(CCC(=O)N[C@@H](C)C(=O)O)c1ccc(O)cc1O. The average molecular weight is 281 g/mol. The number of phenolic OH excluding ortho intramolecular Hbond substituents is 2. The third-order valence-corrected chi connectivity index (χ3v) is 3.10. The lowest BCUT2D eigenvalue weighted by Crippen LogP contribution is -2.38. The Morgan fingerprint density at radius 2 is 1.90 bits per heavy atom. The molecule has 0 radical (unpaired) electrons. The van der Waals surface area contributed by atoms with Crippen molar-refractivity contribution >= 4 is 11.9 Å². The molecule has 0 saturated heterocycles. The predicted octanol–water partition coefficient (Wildman–Crippen LogP) is 1.57. The van der Waals surface area contributed by atoms with E-state index in [2.05, 4.69) is 5.32 Å². The first-order valence-corrected chi connectivity index (χ1v) is 6.35. The number of nitrogens with one attached hydrogen (secondary N) is 1. The molecule has 0 aliphatic rings.